The molecule has 0 spiro atoms. The Morgan fingerprint density at radius 1 is 1.59 bits per heavy atom. The maximum Gasteiger partial charge on any atom is 0.0797 e. The second-order valence-electron chi connectivity index (χ2n) is 5.25. The lowest BCUT2D eigenvalue weighted by atomic mass is 9.85. The number of aromatic nitrogens is 1. The molecule has 0 radical (unpaired) electrons. The van der Waals surface area contributed by atoms with E-state index in [0.717, 1.165) is 19.4 Å². The van der Waals surface area contributed by atoms with Crippen molar-refractivity contribution in [3.05, 3.63) is 28.7 Å². The Labute approximate surface area is 109 Å². The normalized spacial score (nSPS) is 14.9. The average molecular weight is 252 g/mol. The van der Waals surface area contributed by atoms with Crippen LogP contribution in [0.3, 0.4) is 0 Å². The van der Waals surface area contributed by atoms with Gasteiger partial charge in [0.25, 0.3) is 0 Å². The number of aryl methyl sites for hydroxylation is 2. The van der Waals surface area contributed by atoms with Gasteiger partial charge >= 0.3 is 0 Å². The lowest BCUT2D eigenvalue weighted by molar-refractivity contribution is 0.351. The predicted molar refractivity (Wildman–Crippen MR) is 76.6 cm³/mol. The Morgan fingerprint density at radius 2 is 2.29 bits per heavy atom. The molecule has 3 heteroatoms. The van der Waals surface area contributed by atoms with E-state index in [1.807, 2.05) is 5.51 Å². The molecule has 0 aliphatic heterocycles. The summed E-state index contributed by atoms with van der Waals surface area (Å²) < 4.78 is 0. The molecule has 1 unspecified atom stereocenters. The van der Waals surface area contributed by atoms with E-state index in [2.05, 4.69) is 50.7 Å². The van der Waals surface area contributed by atoms with Crippen LogP contribution in [0.2, 0.25) is 0 Å². The van der Waals surface area contributed by atoms with Gasteiger partial charge in [-0.1, -0.05) is 26.8 Å². The molecule has 0 fully saturated rings. The summed E-state index contributed by atoms with van der Waals surface area (Å²) in [5, 5.41) is 3.50. The first-order chi connectivity index (χ1) is 7.97. The quantitative estimate of drug-likeness (QED) is 0.750. The molecule has 0 amide bonds. The zero-order valence-electron chi connectivity index (χ0n) is 11.4. The molecule has 1 aromatic heterocycles. The average Bonchev–Trinajstić information content (AvgIpc) is 2.70. The minimum Gasteiger partial charge on any atom is -0.314 e. The Hall–Kier alpha value is -0.670. The summed E-state index contributed by atoms with van der Waals surface area (Å²) in [5.41, 5.74) is 3.28. The third-order valence-corrected chi connectivity index (χ3v) is 4.17. The minimum absolute atomic E-state index is 0.167. The van der Waals surface area contributed by atoms with Crippen LogP contribution in [-0.4, -0.2) is 17.6 Å². The van der Waals surface area contributed by atoms with E-state index in [0.29, 0.717) is 6.04 Å². The van der Waals surface area contributed by atoms with Crippen molar-refractivity contribution in [1.29, 1.82) is 0 Å². The molecule has 1 atom stereocenters. The molecule has 1 N–H and O–H groups in total. The zero-order chi connectivity index (χ0) is 12.9. The maximum atomic E-state index is 4.29. The van der Waals surface area contributed by atoms with Crippen LogP contribution in [0.15, 0.2) is 18.2 Å². The standard InChI is InChI=1S/C14H24N2S/c1-6-14(5,9-15-11(2)3)8-7-13-12(4)16-10-17-13/h6,10-11,15H,1,7-9H2,2-5H3. The van der Waals surface area contributed by atoms with Gasteiger partial charge in [0, 0.05) is 17.5 Å². The maximum absolute atomic E-state index is 4.29. The van der Waals surface area contributed by atoms with Crippen molar-refractivity contribution >= 4 is 11.3 Å². The summed E-state index contributed by atoms with van der Waals surface area (Å²) >= 11 is 1.76. The molecule has 1 rings (SSSR count). The van der Waals surface area contributed by atoms with Crippen LogP contribution in [-0.2, 0) is 6.42 Å². The second-order valence-corrected chi connectivity index (χ2v) is 6.19. The minimum atomic E-state index is 0.167. The summed E-state index contributed by atoms with van der Waals surface area (Å²) in [4.78, 5) is 5.70. The van der Waals surface area contributed by atoms with E-state index in [1.54, 1.807) is 11.3 Å². The lowest BCUT2D eigenvalue weighted by Crippen LogP contribution is -2.34. The summed E-state index contributed by atoms with van der Waals surface area (Å²) in [7, 11) is 0. The molecule has 0 aromatic carbocycles. The number of thiazole rings is 1. The fourth-order valence-electron chi connectivity index (χ4n) is 1.67. The van der Waals surface area contributed by atoms with Gasteiger partial charge in [0.15, 0.2) is 0 Å². The molecular weight excluding hydrogens is 228 g/mol. The topological polar surface area (TPSA) is 24.9 Å². The smallest absolute Gasteiger partial charge is 0.0797 e. The molecule has 0 saturated heterocycles. The Morgan fingerprint density at radius 3 is 2.76 bits per heavy atom. The highest BCUT2D eigenvalue weighted by atomic mass is 32.1. The monoisotopic (exact) mass is 252 g/mol. The molecule has 1 aromatic rings. The van der Waals surface area contributed by atoms with E-state index >= 15 is 0 Å². The number of hydrogen-bond acceptors (Lipinski definition) is 3. The van der Waals surface area contributed by atoms with Gasteiger partial charge in [0.05, 0.1) is 11.2 Å². The van der Waals surface area contributed by atoms with Crippen LogP contribution in [0.25, 0.3) is 0 Å². The van der Waals surface area contributed by atoms with Gasteiger partial charge in [-0.25, -0.2) is 4.98 Å². The largest absolute Gasteiger partial charge is 0.314 e. The highest BCUT2D eigenvalue weighted by molar-refractivity contribution is 7.09. The second kappa shape index (κ2) is 6.31. The Bertz CT molecular complexity index is 357. The molecule has 2 nitrogen and oxygen atoms in total. The van der Waals surface area contributed by atoms with E-state index in [9.17, 15) is 0 Å². The van der Waals surface area contributed by atoms with Crippen molar-refractivity contribution in [2.75, 3.05) is 6.54 Å². The fraction of sp³-hybridized carbons (Fsp3) is 0.643. The Balaban J connectivity index is 2.51. The van der Waals surface area contributed by atoms with Crippen molar-refractivity contribution in [1.82, 2.24) is 10.3 Å². The van der Waals surface area contributed by atoms with Crippen LogP contribution in [0, 0.1) is 12.3 Å². The fourth-order valence-corrected chi connectivity index (χ4v) is 2.45. The van der Waals surface area contributed by atoms with Gasteiger partial charge in [-0.2, -0.15) is 0 Å². The number of rotatable bonds is 7. The van der Waals surface area contributed by atoms with E-state index in [-0.39, 0.29) is 5.41 Å². The predicted octanol–water partition coefficient (Wildman–Crippen LogP) is 3.57. The first-order valence-electron chi connectivity index (χ1n) is 6.23. The number of nitrogens with one attached hydrogen (secondary N) is 1. The van der Waals surface area contributed by atoms with Crippen molar-refractivity contribution in [3.63, 3.8) is 0 Å². The van der Waals surface area contributed by atoms with Crippen LogP contribution in [0.5, 0.6) is 0 Å². The molecule has 17 heavy (non-hydrogen) atoms. The van der Waals surface area contributed by atoms with Crippen LogP contribution < -0.4 is 5.32 Å². The molecule has 0 bridgehead atoms. The molecule has 0 aliphatic carbocycles. The van der Waals surface area contributed by atoms with Gasteiger partial charge in [-0.05, 0) is 25.2 Å². The van der Waals surface area contributed by atoms with Crippen molar-refractivity contribution < 1.29 is 0 Å². The molecule has 96 valence electrons. The van der Waals surface area contributed by atoms with Crippen molar-refractivity contribution in [3.8, 4) is 0 Å². The van der Waals surface area contributed by atoms with Gasteiger partial charge in [0.1, 0.15) is 0 Å². The van der Waals surface area contributed by atoms with Crippen molar-refractivity contribution in [2.45, 2.75) is 46.6 Å². The SMILES string of the molecule is C=CC(C)(CCc1scnc1C)CNC(C)C. The third kappa shape index (κ3) is 4.60. The third-order valence-electron chi connectivity index (χ3n) is 3.17. The van der Waals surface area contributed by atoms with E-state index in [4.69, 9.17) is 0 Å². The van der Waals surface area contributed by atoms with Crippen LogP contribution >= 0.6 is 11.3 Å². The van der Waals surface area contributed by atoms with Crippen molar-refractivity contribution in [2.24, 2.45) is 5.41 Å². The first kappa shape index (κ1) is 14.4. The summed E-state index contributed by atoms with van der Waals surface area (Å²) in [6.07, 6.45) is 4.30. The van der Waals surface area contributed by atoms with Crippen LogP contribution in [0.4, 0.5) is 0 Å². The van der Waals surface area contributed by atoms with E-state index < -0.39 is 0 Å². The first-order valence-corrected chi connectivity index (χ1v) is 7.11. The zero-order valence-corrected chi connectivity index (χ0v) is 12.2. The van der Waals surface area contributed by atoms with Gasteiger partial charge < -0.3 is 5.32 Å². The number of nitrogens with zero attached hydrogens (tertiary/aromatic N) is 1. The highest BCUT2D eigenvalue weighted by Crippen LogP contribution is 2.26. The molecular formula is C14H24N2S. The van der Waals surface area contributed by atoms with Crippen LogP contribution in [0.1, 0.15) is 37.8 Å². The Kier molecular flexibility index (Phi) is 5.34. The van der Waals surface area contributed by atoms with E-state index in [1.165, 1.54) is 10.6 Å². The summed E-state index contributed by atoms with van der Waals surface area (Å²) in [6, 6.07) is 0.527. The number of hydrogen-bond donors (Lipinski definition) is 1. The van der Waals surface area contributed by atoms with Gasteiger partial charge in [-0.3, -0.25) is 0 Å². The lowest BCUT2D eigenvalue weighted by Gasteiger charge is -2.27. The van der Waals surface area contributed by atoms with Gasteiger partial charge in [-0.15, -0.1) is 17.9 Å². The highest BCUT2D eigenvalue weighted by Gasteiger charge is 2.20. The summed E-state index contributed by atoms with van der Waals surface area (Å²) in [5.74, 6) is 0. The summed E-state index contributed by atoms with van der Waals surface area (Å²) in [6.45, 7) is 13.7. The van der Waals surface area contributed by atoms with Gasteiger partial charge in [0.2, 0.25) is 0 Å². The molecule has 0 aliphatic rings. The molecule has 1 heterocycles. The molecule has 0 saturated carbocycles.